The highest BCUT2D eigenvalue weighted by molar-refractivity contribution is 7.21. The van der Waals surface area contributed by atoms with Crippen LogP contribution >= 0.6 is 22.9 Å². The van der Waals surface area contributed by atoms with E-state index in [0.717, 1.165) is 20.8 Å². The van der Waals surface area contributed by atoms with Crippen LogP contribution in [0.2, 0.25) is 5.02 Å². The Morgan fingerprint density at radius 2 is 1.64 bits per heavy atom. The maximum atomic E-state index is 12.4. The van der Waals surface area contributed by atoms with Crippen LogP contribution in [-0.4, -0.2) is 11.0 Å². The molecule has 0 fully saturated rings. The summed E-state index contributed by atoms with van der Waals surface area (Å²) in [5, 5.41) is 1.40. The summed E-state index contributed by atoms with van der Waals surface area (Å²) in [6.45, 7) is 0. The Hall–Kier alpha value is -2.69. The third-order valence-corrected chi connectivity index (χ3v) is 5.02. The average Bonchev–Trinajstić information content (AvgIpc) is 3.06. The predicted molar refractivity (Wildman–Crippen MR) is 101 cm³/mol. The predicted octanol–water partition coefficient (Wildman–Crippen LogP) is 5.84. The van der Waals surface area contributed by atoms with Crippen molar-refractivity contribution >= 4 is 39.1 Å². The van der Waals surface area contributed by atoms with Crippen LogP contribution in [0.25, 0.3) is 20.8 Å². The standard InChI is InChI=1S/C20H12ClNO2S/c21-14-11-9-13(10-12-14)20(23)24-17-7-3-1-5-15(17)19-22-16-6-2-4-8-18(16)25-19/h1-12H. The number of rotatable bonds is 3. The van der Waals surface area contributed by atoms with Crippen molar-refractivity contribution in [2.45, 2.75) is 0 Å². The molecule has 25 heavy (non-hydrogen) atoms. The molecule has 4 aromatic rings. The number of aromatic nitrogens is 1. The molecule has 0 saturated carbocycles. The smallest absolute Gasteiger partial charge is 0.343 e. The number of hydrogen-bond donors (Lipinski definition) is 0. The molecule has 0 aliphatic carbocycles. The van der Waals surface area contributed by atoms with Gasteiger partial charge in [0.1, 0.15) is 10.8 Å². The average molecular weight is 366 g/mol. The maximum absolute atomic E-state index is 12.4. The lowest BCUT2D eigenvalue weighted by Crippen LogP contribution is -2.08. The van der Waals surface area contributed by atoms with Gasteiger partial charge in [-0.15, -0.1) is 11.3 Å². The van der Waals surface area contributed by atoms with Crippen LogP contribution in [0.1, 0.15) is 10.4 Å². The third kappa shape index (κ3) is 3.27. The number of fused-ring (bicyclic) bond motifs is 1. The first kappa shape index (κ1) is 15.8. The molecular weight excluding hydrogens is 354 g/mol. The molecular formula is C20H12ClNO2S. The fourth-order valence-corrected chi connectivity index (χ4v) is 3.59. The second kappa shape index (κ2) is 6.67. The molecule has 0 aliphatic heterocycles. The molecule has 0 saturated heterocycles. The highest BCUT2D eigenvalue weighted by Crippen LogP contribution is 2.35. The van der Waals surface area contributed by atoms with E-state index in [2.05, 4.69) is 4.98 Å². The highest BCUT2D eigenvalue weighted by atomic mass is 35.5. The molecule has 4 rings (SSSR count). The van der Waals surface area contributed by atoms with Gasteiger partial charge in [-0.05, 0) is 48.5 Å². The van der Waals surface area contributed by atoms with Gasteiger partial charge in [-0.25, -0.2) is 9.78 Å². The molecule has 0 unspecified atom stereocenters. The second-order valence-corrected chi connectivity index (χ2v) is 6.85. The quantitative estimate of drug-likeness (QED) is 0.338. The Labute approximate surface area is 153 Å². The number of halogens is 1. The maximum Gasteiger partial charge on any atom is 0.343 e. The van der Waals surface area contributed by atoms with Crippen molar-refractivity contribution in [2.24, 2.45) is 0 Å². The summed E-state index contributed by atoms with van der Waals surface area (Å²) < 4.78 is 6.70. The highest BCUT2D eigenvalue weighted by Gasteiger charge is 2.15. The van der Waals surface area contributed by atoms with Crippen LogP contribution in [0.5, 0.6) is 5.75 Å². The van der Waals surface area contributed by atoms with Gasteiger partial charge in [0.05, 0.1) is 21.3 Å². The fraction of sp³-hybridized carbons (Fsp3) is 0. The zero-order valence-electron chi connectivity index (χ0n) is 13.0. The van der Waals surface area contributed by atoms with Crippen LogP contribution in [0.3, 0.4) is 0 Å². The zero-order valence-corrected chi connectivity index (χ0v) is 14.6. The minimum atomic E-state index is -0.426. The number of carbonyl (C=O) groups excluding carboxylic acids is 1. The molecule has 1 aromatic heterocycles. The SMILES string of the molecule is O=C(Oc1ccccc1-c1nc2ccccc2s1)c1ccc(Cl)cc1. The van der Waals surface area contributed by atoms with Crippen molar-refractivity contribution in [3.05, 3.63) is 83.4 Å². The van der Waals surface area contributed by atoms with E-state index in [1.807, 2.05) is 42.5 Å². The van der Waals surface area contributed by atoms with Crippen molar-refractivity contribution in [3.63, 3.8) is 0 Å². The largest absolute Gasteiger partial charge is 0.422 e. The van der Waals surface area contributed by atoms with Crippen LogP contribution in [0.15, 0.2) is 72.8 Å². The van der Waals surface area contributed by atoms with Gasteiger partial charge in [0.15, 0.2) is 0 Å². The Kier molecular flexibility index (Phi) is 4.22. The summed E-state index contributed by atoms with van der Waals surface area (Å²) in [4.78, 5) is 17.0. The van der Waals surface area contributed by atoms with E-state index in [1.165, 1.54) is 0 Å². The zero-order chi connectivity index (χ0) is 17.2. The number of nitrogens with zero attached hydrogens (tertiary/aromatic N) is 1. The molecule has 0 spiro atoms. The van der Waals surface area contributed by atoms with Gasteiger partial charge in [0, 0.05) is 5.02 Å². The number of esters is 1. The van der Waals surface area contributed by atoms with Gasteiger partial charge < -0.3 is 4.74 Å². The Morgan fingerprint density at radius 1 is 0.920 bits per heavy atom. The first-order valence-electron chi connectivity index (χ1n) is 7.63. The van der Waals surface area contributed by atoms with Gasteiger partial charge in [-0.3, -0.25) is 0 Å². The topological polar surface area (TPSA) is 39.2 Å². The molecule has 3 aromatic carbocycles. The van der Waals surface area contributed by atoms with E-state index >= 15 is 0 Å². The Bertz CT molecular complexity index is 1020. The number of thiazole rings is 1. The minimum absolute atomic E-state index is 0.426. The molecule has 0 aliphatic rings. The van der Waals surface area contributed by atoms with Gasteiger partial charge in [0.25, 0.3) is 0 Å². The van der Waals surface area contributed by atoms with Crippen LogP contribution < -0.4 is 4.74 Å². The number of hydrogen-bond acceptors (Lipinski definition) is 4. The molecule has 1 heterocycles. The number of carbonyl (C=O) groups is 1. The summed E-state index contributed by atoms with van der Waals surface area (Å²) in [6, 6.07) is 22.0. The van der Waals surface area contributed by atoms with Crippen LogP contribution in [0, 0.1) is 0 Å². The normalized spacial score (nSPS) is 10.8. The van der Waals surface area contributed by atoms with E-state index in [9.17, 15) is 4.79 Å². The van der Waals surface area contributed by atoms with Crippen molar-refractivity contribution in [3.8, 4) is 16.3 Å². The molecule has 0 bridgehead atoms. The van der Waals surface area contributed by atoms with E-state index < -0.39 is 5.97 Å². The van der Waals surface area contributed by atoms with Gasteiger partial charge in [-0.2, -0.15) is 0 Å². The van der Waals surface area contributed by atoms with E-state index in [0.29, 0.717) is 16.3 Å². The lowest BCUT2D eigenvalue weighted by atomic mass is 10.2. The van der Waals surface area contributed by atoms with Gasteiger partial charge in [0.2, 0.25) is 0 Å². The lowest BCUT2D eigenvalue weighted by Gasteiger charge is -2.08. The molecule has 5 heteroatoms. The summed E-state index contributed by atoms with van der Waals surface area (Å²) in [7, 11) is 0. The Balaban J connectivity index is 1.69. The van der Waals surface area contributed by atoms with E-state index in [-0.39, 0.29) is 0 Å². The van der Waals surface area contributed by atoms with Crippen LogP contribution in [-0.2, 0) is 0 Å². The van der Waals surface area contributed by atoms with E-state index in [1.54, 1.807) is 41.7 Å². The molecule has 0 amide bonds. The summed E-state index contributed by atoms with van der Waals surface area (Å²) >= 11 is 7.43. The molecule has 122 valence electrons. The first-order chi connectivity index (χ1) is 12.2. The summed E-state index contributed by atoms with van der Waals surface area (Å²) in [6.07, 6.45) is 0. The molecule has 0 N–H and O–H groups in total. The Morgan fingerprint density at radius 3 is 2.44 bits per heavy atom. The third-order valence-electron chi connectivity index (χ3n) is 3.69. The van der Waals surface area contributed by atoms with Gasteiger partial charge >= 0.3 is 5.97 Å². The number of para-hydroxylation sites is 2. The number of ether oxygens (including phenoxy) is 1. The molecule has 0 atom stereocenters. The second-order valence-electron chi connectivity index (χ2n) is 5.38. The monoisotopic (exact) mass is 365 g/mol. The molecule has 0 radical (unpaired) electrons. The summed E-state index contributed by atoms with van der Waals surface area (Å²) in [5.41, 5.74) is 2.18. The number of benzene rings is 3. The minimum Gasteiger partial charge on any atom is -0.422 e. The van der Waals surface area contributed by atoms with Crippen LogP contribution in [0.4, 0.5) is 0 Å². The fourth-order valence-electron chi connectivity index (χ4n) is 2.46. The van der Waals surface area contributed by atoms with Crippen molar-refractivity contribution in [2.75, 3.05) is 0 Å². The van der Waals surface area contributed by atoms with Crippen molar-refractivity contribution < 1.29 is 9.53 Å². The lowest BCUT2D eigenvalue weighted by molar-refractivity contribution is 0.0735. The van der Waals surface area contributed by atoms with E-state index in [4.69, 9.17) is 16.3 Å². The molecule has 3 nitrogen and oxygen atoms in total. The van der Waals surface area contributed by atoms with Crippen molar-refractivity contribution in [1.29, 1.82) is 0 Å². The van der Waals surface area contributed by atoms with Crippen molar-refractivity contribution in [1.82, 2.24) is 4.98 Å². The first-order valence-corrected chi connectivity index (χ1v) is 8.83. The summed E-state index contributed by atoms with van der Waals surface area (Å²) in [5.74, 6) is 0.0618. The van der Waals surface area contributed by atoms with Gasteiger partial charge in [-0.1, -0.05) is 35.9 Å².